The lowest BCUT2D eigenvalue weighted by atomic mass is 10.3. The summed E-state index contributed by atoms with van der Waals surface area (Å²) in [7, 11) is 0. The summed E-state index contributed by atoms with van der Waals surface area (Å²) in [5, 5.41) is 12.0. The van der Waals surface area contributed by atoms with Gasteiger partial charge in [-0.3, -0.25) is 9.69 Å². The predicted molar refractivity (Wildman–Crippen MR) is 73.8 cm³/mol. The molecule has 2 rings (SSSR count). The SMILES string of the molecule is O=C(CN1CC[C@@H](O)C1)Nc1ccc(OC(F)F)c(Cl)c1. The van der Waals surface area contributed by atoms with Gasteiger partial charge in [0.05, 0.1) is 17.7 Å². The van der Waals surface area contributed by atoms with E-state index in [0.717, 1.165) is 0 Å². The lowest BCUT2D eigenvalue weighted by molar-refractivity contribution is -0.117. The Hall–Kier alpha value is -1.44. The zero-order chi connectivity index (χ0) is 15.4. The minimum Gasteiger partial charge on any atom is -0.433 e. The second-order valence-corrected chi connectivity index (χ2v) is 5.16. The predicted octanol–water partition coefficient (Wildman–Crippen LogP) is 1.95. The largest absolute Gasteiger partial charge is 0.433 e. The number of hydrogen-bond donors (Lipinski definition) is 2. The summed E-state index contributed by atoms with van der Waals surface area (Å²) < 4.78 is 28.4. The van der Waals surface area contributed by atoms with Crippen molar-refractivity contribution in [2.24, 2.45) is 0 Å². The molecule has 1 aliphatic heterocycles. The Balaban J connectivity index is 1.90. The monoisotopic (exact) mass is 320 g/mol. The van der Waals surface area contributed by atoms with Gasteiger partial charge in [-0.05, 0) is 24.6 Å². The molecule has 5 nitrogen and oxygen atoms in total. The van der Waals surface area contributed by atoms with Crippen molar-refractivity contribution in [2.75, 3.05) is 25.0 Å². The zero-order valence-electron chi connectivity index (χ0n) is 11.1. The van der Waals surface area contributed by atoms with Gasteiger partial charge in [0.15, 0.2) is 0 Å². The number of carbonyl (C=O) groups is 1. The Morgan fingerprint density at radius 1 is 1.57 bits per heavy atom. The third kappa shape index (κ3) is 4.80. The highest BCUT2D eigenvalue weighted by atomic mass is 35.5. The maximum Gasteiger partial charge on any atom is 0.387 e. The van der Waals surface area contributed by atoms with Crippen molar-refractivity contribution in [3.05, 3.63) is 23.2 Å². The van der Waals surface area contributed by atoms with Crippen molar-refractivity contribution in [2.45, 2.75) is 19.1 Å². The van der Waals surface area contributed by atoms with Gasteiger partial charge in [-0.1, -0.05) is 11.6 Å². The minimum atomic E-state index is -2.95. The van der Waals surface area contributed by atoms with Gasteiger partial charge in [0.25, 0.3) is 0 Å². The number of β-amino-alcohol motifs (C(OH)–C–C–N with tert-alkyl or cyclic N) is 1. The Morgan fingerprint density at radius 2 is 2.33 bits per heavy atom. The fraction of sp³-hybridized carbons (Fsp3) is 0.462. The molecule has 1 atom stereocenters. The van der Waals surface area contributed by atoms with Gasteiger partial charge in [0.2, 0.25) is 5.91 Å². The summed E-state index contributed by atoms with van der Waals surface area (Å²) >= 11 is 5.79. The Kier molecular flexibility index (Phi) is 5.33. The number of rotatable bonds is 5. The van der Waals surface area contributed by atoms with Crippen LogP contribution in [0.4, 0.5) is 14.5 Å². The second kappa shape index (κ2) is 7.02. The minimum absolute atomic E-state index is 0.00954. The Bertz CT molecular complexity index is 516. The van der Waals surface area contributed by atoms with E-state index in [9.17, 15) is 18.7 Å². The van der Waals surface area contributed by atoms with Crippen LogP contribution in [0.25, 0.3) is 0 Å². The molecule has 21 heavy (non-hydrogen) atoms. The number of alkyl halides is 2. The van der Waals surface area contributed by atoms with Crippen LogP contribution in [0.2, 0.25) is 5.02 Å². The van der Waals surface area contributed by atoms with Crippen molar-refractivity contribution in [1.82, 2.24) is 4.90 Å². The molecular weight excluding hydrogens is 306 g/mol. The molecule has 1 aliphatic rings. The number of likely N-dealkylation sites (tertiary alicyclic amines) is 1. The molecule has 8 heteroatoms. The van der Waals surface area contributed by atoms with Crippen molar-refractivity contribution in [3.8, 4) is 5.75 Å². The van der Waals surface area contributed by atoms with Gasteiger partial charge in [-0.2, -0.15) is 8.78 Å². The van der Waals surface area contributed by atoms with Crippen LogP contribution < -0.4 is 10.1 Å². The normalized spacial score (nSPS) is 19.0. The topological polar surface area (TPSA) is 61.8 Å². The van der Waals surface area contributed by atoms with Gasteiger partial charge in [-0.25, -0.2) is 0 Å². The van der Waals surface area contributed by atoms with Crippen LogP contribution in [-0.4, -0.2) is 48.3 Å². The van der Waals surface area contributed by atoms with Crippen molar-refractivity contribution in [3.63, 3.8) is 0 Å². The lowest BCUT2D eigenvalue weighted by Crippen LogP contribution is -2.32. The van der Waals surface area contributed by atoms with Gasteiger partial charge >= 0.3 is 6.61 Å². The summed E-state index contributed by atoms with van der Waals surface area (Å²) in [4.78, 5) is 13.6. The molecule has 0 spiro atoms. The standard InChI is InChI=1S/C13H15ClF2N2O3/c14-10-5-8(1-2-11(10)21-13(15)16)17-12(20)7-18-4-3-9(19)6-18/h1-2,5,9,13,19H,3-4,6-7H2,(H,17,20)/t9-/m1/s1. The molecule has 0 bridgehead atoms. The molecule has 1 aromatic carbocycles. The van der Waals surface area contributed by atoms with Crippen LogP contribution in [0, 0.1) is 0 Å². The molecule has 0 radical (unpaired) electrons. The van der Waals surface area contributed by atoms with Gasteiger partial charge in [-0.15, -0.1) is 0 Å². The molecule has 2 N–H and O–H groups in total. The molecule has 1 fully saturated rings. The van der Waals surface area contributed by atoms with Crippen LogP contribution in [0.5, 0.6) is 5.75 Å². The van der Waals surface area contributed by atoms with E-state index in [1.54, 1.807) is 0 Å². The molecule has 0 saturated carbocycles. The highest BCUT2D eigenvalue weighted by Crippen LogP contribution is 2.28. The van der Waals surface area contributed by atoms with Crippen LogP contribution in [0.3, 0.4) is 0 Å². The third-order valence-corrected chi connectivity index (χ3v) is 3.34. The van der Waals surface area contributed by atoms with E-state index in [2.05, 4.69) is 10.1 Å². The van der Waals surface area contributed by atoms with E-state index in [-0.39, 0.29) is 23.2 Å². The average Bonchev–Trinajstić information content (AvgIpc) is 2.77. The smallest absolute Gasteiger partial charge is 0.387 e. The first-order valence-corrected chi connectivity index (χ1v) is 6.76. The Morgan fingerprint density at radius 3 is 2.90 bits per heavy atom. The molecule has 1 heterocycles. The maximum atomic E-state index is 12.1. The molecule has 0 aromatic heterocycles. The molecule has 0 aliphatic carbocycles. The van der Waals surface area contributed by atoms with Crippen molar-refractivity contribution < 1.29 is 23.4 Å². The Labute approximate surface area is 125 Å². The number of anilines is 1. The van der Waals surface area contributed by atoms with E-state index < -0.39 is 12.7 Å². The van der Waals surface area contributed by atoms with Crippen LogP contribution in [0.1, 0.15) is 6.42 Å². The van der Waals surface area contributed by atoms with E-state index in [1.807, 2.05) is 4.90 Å². The number of ether oxygens (including phenoxy) is 1. The van der Waals surface area contributed by atoms with Crippen LogP contribution in [-0.2, 0) is 4.79 Å². The molecular formula is C13H15ClF2N2O3. The van der Waals surface area contributed by atoms with E-state index in [1.165, 1.54) is 18.2 Å². The highest BCUT2D eigenvalue weighted by Gasteiger charge is 2.22. The number of nitrogens with one attached hydrogen (secondary N) is 1. The molecule has 116 valence electrons. The summed E-state index contributed by atoms with van der Waals surface area (Å²) in [6.45, 7) is -1.67. The number of aliphatic hydroxyl groups excluding tert-OH is 1. The number of aliphatic hydroxyl groups is 1. The van der Waals surface area contributed by atoms with E-state index in [4.69, 9.17) is 11.6 Å². The fourth-order valence-electron chi connectivity index (χ4n) is 2.13. The van der Waals surface area contributed by atoms with E-state index in [0.29, 0.717) is 25.2 Å². The second-order valence-electron chi connectivity index (χ2n) is 4.75. The van der Waals surface area contributed by atoms with Crippen molar-refractivity contribution in [1.29, 1.82) is 0 Å². The number of halogens is 3. The van der Waals surface area contributed by atoms with Crippen LogP contribution in [0.15, 0.2) is 18.2 Å². The first-order chi connectivity index (χ1) is 9.94. The van der Waals surface area contributed by atoms with Crippen molar-refractivity contribution >= 4 is 23.2 Å². The number of hydrogen-bond acceptors (Lipinski definition) is 4. The third-order valence-electron chi connectivity index (χ3n) is 3.05. The molecule has 1 saturated heterocycles. The number of amides is 1. The first kappa shape index (κ1) is 15.9. The van der Waals surface area contributed by atoms with Crippen LogP contribution >= 0.6 is 11.6 Å². The van der Waals surface area contributed by atoms with E-state index >= 15 is 0 Å². The summed E-state index contributed by atoms with van der Waals surface area (Å²) in [6.07, 6.45) is 0.261. The molecule has 0 unspecified atom stereocenters. The fourth-order valence-corrected chi connectivity index (χ4v) is 2.35. The van der Waals surface area contributed by atoms with Gasteiger partial charge in [0, 0.05) is 18.8 Å². The number of carbonyl (C=O) groups excluding carboxylic acids is 1. The molecule has 1 amide bonds. The number of benzene rings is 1. The van der Waals surface area contributed by atoms with Gasteiger partial charge in [0.1, 0.15) is 5.75 Å². The lowest BCUT2D eigenvalue weighted by Gasteiger charge is -2.15. The molecule has 1 aromatic rings. The summed E-state index contributed by atoms with van der Waals surface area (Å²) in [5.74, 6) is -0.407. The zero-order valence-corrected chi connectivity index (χ0v) is 11.8. The van der Waals surface area contributed by atoms with Gasteiger partial charge < -0.3 is 15.2 Å². The summed E-state index contributed by atoms with van der Waals surface area (Å²) in [6, 6.07) is 4.04. The highest BCUT2D eigenvalue weighted by molar-refractivity contribution is 6.32. The summed E-state index contributed by atoms with van der Waals surface area (Å²) in [5.41, 5.74) is 0.395. The average molecular weight is 321 g/mol. The first-order valence-electron chi connectivity index (χ1n) is 6.38. The maximum absolute atomic E-state index is 12.1. The quantitative estimate of drug-likeness (QED) is 0.870. The number of nitrogens with zero attached hydrogens (tertiary/aromatic N) is 1.